The van der Waals surface area contributed by atoms with Crippen molar-refractivity contribution in [3.63, 3.8) is 0 Å². The normalized spacial score (nSPS) is 16.8. The van der Waals surface area contributed by atoms with Crippen LogP contribution in [-0.2, 0) is 20.9 Å². The molecule has 2 aliphatic rings. The van der Waals surface area contributed by atoms with Crippen molar-refractivity contribution >= 4 is 29.6 Å². The summed E-state index contributed by atoms with van der Waals surface area (Å²) >= 11 is 0. The molecule has 3 rings (SSSR count). The van der Waals surface area contributed by atoms with Crippen molar-refractivity contribution in [1.29, 1.82) is 0 Å². The van der Waals surface area contributed by atoms with Crippen LogP contribution in [0, 0.1) is 5.92 Å². The Bertz CT molecular complexity index is 845. The van der Waals surface area contributed by atoms with Crippen LogP contribution in [0.2, 0.25) is 0 Å². The second-order valence-electron chi connectivity index (χ2n) is 6.67. The van der Waals surface area contributed by atoms with Crippen molar-refractivity contribution in [2.75, 3.05) is 0 Å². The first-order valence-corrected chi connectivity index (χ1v) is 8.60. The van der Waals surface area contributed by atoms with Crippen LogP contribution in [0.1, 0.15) is 52.0 Å². The average Bonchev–Trinajstić information content (AvgIpc) is 3.43. The molecule has 4 amide bonds. The zero-order chi connectivity index (χ0) is 19.7. The SMILES string of the molecule is NC(=O)CC[C@@H](C(=O)O)N1C(=O)c2cccc(CNC(=O)C3CC3)c2C1=O. The van der Waals surface area contributed by atoms with Gasteiger partial charge in [0.05, 0.1) is 11.1 Å². The van der Waals surface area contributed by atoms with Crippen molar-refractivity contribution < 1.29 is 29.1 Å². The summed E-state index contributed by atoms with van der Waals surface area (Å²) in [4.78, 5) is 60.5. The number of carboxylic acid groups (broad SMARTS) is 1. The Morgan fingerprint density at radius 3 is 2.52 bits per heavy atom. The first kappa shape index (κ1) is 18.6. The fourth-order valence-electron chi connectivity index (χ4n) is 3.12. The van der Waals surface area contributed by atoms with Gasteiger partial charge in [0.1, 0.15) is 6.04 Å². The lowest BCUT2D eigenvalue weighted by atomic mass is 10.0. The number of hydrogen-bond acceptors (Lipinski definition) is 5. The van der Waals surface area contributed by atoms with E-state index in [4.69, 9.17) is 5.73 Å². The number of carbonyl (C=O) groups excluding carboxylic acids is 4. The van der Waals surface area contributed by atoms with Crippen LogP contribution in [0.25, 0.3) is 0 Å². The molecule has 1 heterocycles. The lowest BCUT2D eigenvalue weighted by molar-refractivity contribution is -0.142. The van der Waals surface area contributed by atoms with E-state index >= 15 is 0 Å². The number of amides is 4. The summed E-state index contributed by atoms with van der Waals surface area (Å²) < 4.78 is 0. The number of nitrogens with zero attached hydrogens (tertiary/aromatic N) is 1. The Kier molecular flexibility index (Phi) is 4.93. The molecule has 27 heavy (non-hydrogen) atoms. The van der Waals surface area contributed by atoms with Crippen LogP contribution in [0.4, 0.5) is 0 Å². The zero-order valence-corrected chi connectivity index (χ0v) is 14.4. The molecular weight excluding hydrogens is 354 g/mol. The maximum Gasteiger partial charge on any atom is 0.326 e. The Morgan fingerprint density at radius 2 is 1.93 bits per heavy atom. The van der Waals surface area contributed by atoms with Gasteiger partial charge in [-0.3, -0.25) is 24.1 Å². The van der Waals surface area contributed by atoms with E-state index in [0.717, 1.165) is 12.8 Å². The Hall–Kier alpha value is -3.23. The number of benzene rings is 1. The lowest BCUT2D eigenvalue weighted by Crippen LogP contribution is -2.45. The number of imide groups is 1. The zero-order valence-electron chi connectivity index (χ0n) is 14.4. The molecule has 1 fully saturated rings. The van der Waals surface area contributed by atoms with Crippen LogP contribution in [0.5, 0.6) is 0 Å². The van der Waals surface area contributed by atoms with Gasteiger partial charge in [0.2, 0.25) is 11.8 Å². The average molecular weight is 373 g/mol. The van der Waals surface area contributed by atoms with E-state index in [0.29, 0.717) is 10.5 Å². The Morgan fingerprint density at radius 1 is 1.22 bits per heavy atom. The fourth-order valence-corrected chi connectivity index (χ4v) is 3.12. The molecule has 0 spiro atoms. The highest BCUT2D eigenvalue weighted by Gasteiger charge is 2.44. The first-order chi connectivity index (χ1) is 12.8. The van der Waals surface area contributed by atoms with E-state index in [9.17, 15) is 29.1 Å². The van der Waals surface area contributed by atoms with E-state index in [1.54, 1.807) is 12.1 Å². The summed E-state index contributed by atoms with van der Waals surface area (Å²) in [5.74, 6) is -3.70. The third kappa shape index (κ3) is 3.67. The Balaban J connectivity index is 1.85. The summed E-state index contributed by atoms with van der Waals surface area (Å²) in [6.07, 6.45) is 1.15. The number of rotatable bonds is 8. The first-order valence-electron chi connectivity index (χ1n) is 8.60. The predicted octanol–water partition coefficient (Wildman–Crippen LogP) is 0.0275. The summed E-state index contributed by atoms with van der Waals surface area (Å²) in [5, 5.41) is 12.2. The highest BCUT2D eigenvalue weighted by atomic mass is 16.4. The fraction of sp³-hybridized carbons (Fsp3) is 0.389. The minimum atomic E-state index is -1.49. The molecule has 142 valence electrons. The van der Waals surface area contributed by atoms with Crippen LogP contribution in [-0.4, -0.2) is 45.6 Å². The van der Waals surface area contributed by atoms with Crippen molar-refractivity contribution in [3.8, 4) is 0 Å². The summed E-state index contributed by atoms with van der Waals surface area (Å²) in [6.45, 7) is 0.0738. The third-order valence-corrected chi connectivity index (χ3v) is 4.69. The lowest BCUT2D eigenvalue weighted by Gasteiger charge is -2.22. The maximum absolute atomic E-state index is 12.8. The number of aliphatic carboxylic acids is 1. The highest BCUT2D eigenvalue weighted by Crippen LogP contribution is 2.31. The van der Waals surface area contributed by atoms with E-state index < -0.39 is 29.7 Å². The highest BCUT2D eigenvalue weighted by molar-refractivity contribution is 6.23. The molecule has 1 aromatic carbocycles. The number of hydrogen-bond donors (Lipinski definition) is 3. The molecule has 0 radical (unpaired) electrons. The molecule has 0 unspecified atom stereocenters. The largest absolute Gasteiger partial charge is 0.480 e. The van der Waals surface area contributed by atoms with Crippen LogP contribution < -0.4 is 11.1 Å². The molecule has 1 aliphatic heterocycles. The predicted molar refractivity (Wildman–Crippen MR) is 91.4 cm³/mol. The topological polar surface area (TPSA) is 147 Å². The van der Waals surface area contributed by atoms with Crippen molar-refractivity contribution in [2.45, 2.75) is 38.3 Å². The molecule has 9 nitrogen and oxygen atoms in total. The van der Waals surface area contributed by atoms with Gasteiger partial charge >= 0.3 is 5.97 Å². The summed E-state index contributed by atoms with van der Waals surface area (Å²) in [6, 6.07) is 3.14. The summed E-state index contributed by atoms with van der Waals surface area (Å²) in [5.41, 5.74) is 5.67. The molecule has 1 aromatic rings. The van der Waals surface area contributed by atoms with Crippen molar-refractivity contribution in [3.05, 3.63) is 34.9 Å². The minimum absolute atomic E-state index is 0.000725. The van der Waals surface area contributed by atoms with Crippen molar-refractivity contribution in [2.24, 2.45) is 11.7 Å². The Labute approximate surface area is 154 Å². The molecule has 1 atom stereocenters. The number of fused-ring (bicyclic) bond motifs is 1. The molecule has 9 heteroatoms. The van der Waals surface area contributed by atoms with Gasteiger partial charge in [0, 0.05) is 18.9 Å². The van der Waals surface area contributed by atoms with Gasteiger partial charge in [-0.05, 0) is 30.9 Å². The molecular formula is C18H19N3O6. The van der Waals surface area contributed by atoms with Crippen molar-refractivity contribution in [1.82, 2.24) is 10.2 Å². The van der Waals surface area contributed by atoms with E-state index in [-0.39, 0.29) is 42.3 Å². The second kappa shape index (κ2) is 7.18. The van der Waals surface area contributed by atoms with Gasteiger partial charge in [-0.15, -0.1) is 0 Å². The minimum Gasteiger partial charge on any atom is -0.480 e. The van der Waals surface area contributed by atoms with Gasteiger partial charge in [0.25, 0.3) is 11.8 Å². The standard InChI is InChI=1S/C18H19N3O6/c19-13(22)7-6-12(18(26)27)21-16(24)11-3-1-2-10(14(11)17(21)25)8-20-15(23)9-4-5-9/h1-3,9,12H,4-8H2,(H2,19,22)(H,20,23)(H,26,27)/t12-/m0/s1. The molecule has 1 saturated carbocycles. The number of carboxylic acids is 1. The summed E-state index contributed by atoms with van der Waals surface area (Å²) in [7, 11) is 0. The van der Waals surface area contributed by atoms with Crippen LogP contribution in [0.3, 0.4) is 0 Å². The quantitative estimate of drug-likeness (QED) is 0.548. The third-order valence-electron chi connectivity index (χ3n) is 4.69. The van der Waals surface area contributed by atoms with E-state index in [2.05, 4.69) is 5.32 Å². The van der Waals surface area contributed by atoms with Crippen LogP contribution >= 0.6 is 0 Å². The monoisotopic (exact) mass is 373 g/mol. The molecule has 1 aliphatic carbocycles. The van der Waals surface area contributed by atoms with E-state index in [1.807, 2.05) is 0 Å². The molecule has 0 aromatic heterocycles. The number of nitrogens with one attached hydrogen (secondary N) is 1. The molecule has 4 N–H and O–H groups in total. The molecule has 0 bridgehead atoms. The van der Waals surface area contributed by atoms with Gasteiger partial charge in [-0.25, -0.2) is 4.79 Å². The molecule has 0 saturated heterocycles. The number of carbonyl (C=O) groups is 5. The second-order valence-corrected chi connectivity index (χ2v) is 6.67. The van der Waals surface area contributed by atoms with E-state index in [1.165, 1.54) is 6.07 Å². The number of nitrogens with two attached hydrogens (primary N) is 1. The maximum atomic E-state index is 12.8. The van der Waals surface area contributed by atoms with Crippen LogP contribution in [0.15, 0.2) is 18.2 Å². The van der Waals surface area contributed by atoms with Gasteiger partial charge in [-0.1, -0.05) is 12.1 Å². The number of primary amides is 1. The van der Waals surface area contributed by atoms with Gasteiger partial charge in [0.15, 0.2) is 0 Å². The van der Waals surface area contributed by atoms with Gasteiger partial charge in [-0.2, -0.15) is 0 Å². The van der Waals surface area contributed by atoms with Gasteiger partial charge < -0.3 is 16.2 Å². The smallest absolute Gasteiger partial charge is 0.326 e.